The van der Waals surface area contributed by atoms with Crippen molar-refractivity contribution < 1.29 is 19.1 Å². The summed E-state index contributed by atoms with van der Waals surface area (Å²) in [6, 6.07) is 7.25. The van der Waals surface area contributed by atoms with Crippen LogP contribution in [0.5, 0.6) is 0 Å². The molecule has 0 radical (unpaired) electrons. The van der Waals surface area contributed by atoms with Crippen molar-refractivity contribution >= 4 is 17.8 Å². The highest BCUT2D eigenvalue weighted by atomic mass is 16.5. The zero-order valence-corrected chi connectivity index (χ0v) is 15.7. The van der Waals surface area contributed by atoms with Crippen LogP contribution < -0.4 is 5.32 Å². The fourth-order valence-electron chi connectivity index (χ4n) is 4.57. The van der Waals surface area contributed by atoms with Gasteiger partial charge in [0.25, 0.3) is 5.91 Å². The molecule has 1 aromatic carbocycles. The van der Waals surface area contributed by atoms with Gasteiger partial charge in [0.15, 0.2) is 0 Å². The summed E-state index contributed by atoms with van der Waals surface area (Å²) in [5.74, 6) is -0.538. The first kappa shape index (κ1) is 18.0. The average molecular weight is 371 g/mol. The third-order valence-electron chi connectivity index (χ3n) is 5.72. The van der Waals surface area contributed by atoms with E-state index in [0.717, 1.165) is 28.9 Å². The molecule has 1 N–H and O–H groups in total. The minimum Gasteiger partial charge on any atom is -0.372 e. The molecule has 1 aliphatic carbocycles. The van der Waals surface area contributed by atoms with Gasteiger partial charge in [-0.1, -0.05) is 24.3 Å². The molecule has 1 spiro atoms. The molecule has 0 aromatic heterocycles. The molecule has 0 saturated carbocycles. The molecule has 4 rings (SSSR count). The summed E-state index contributed by atoms with van der Waals surface area (Å²) < 4.78 is 5.65. The van der Waals surface area contributed by atoms with E-state index in [1.807, 2.05) is 38.1 Å². The van der Waals surface area contributed by atoms with E-state index in [1.54, 1.807) is 4.90 Å². The van der Waals surface area contributed by atoms with Crippen LogP contribution in [-0.2, 0) is 26.3 Å². The third-order valence-corrected chi connectivity index (χ3v) is 5.72. The second-order valence-corrected chi connectivity index (χ2v) is 7.79. The van der Waals surface area contributed by atoms with E-state index in [1.165, 1.54) is 0 Å². The maximum absolute atomic E-state index is 13.2. The van der Waals surface area contributed by atoms with E-state index < -0.39 is 11.6 Å². The van der Waals surface area contributed by atoms with Crippen LogP contribution in [0.4, 0.5) is 4.79 Å². The molecule has 7 nitrogen and oxygen atoms in total. The van der Waals surface area contributed by atoms with E-state index in [2.05, 4.69) is 5.32 Å². The van der Waals surface area contributed by atoms with Crippen molar-refractivity contribution in [2.75, 3.05) is 19.6 Å². The summed E-state index contributed by atoms with van der Waals surface area (Å²) in [5.41, 5.74) is 0.914. The number of ether oxygens (including phenoxy) is 1. The van der Waals surface area contributed by atoms with Crippen LogP contribution in [-0.4, -0.2) is 59.5 Å². The van der Waals surface area contributed by atoms with Crippen LogP contribution >= 0.6 is 0 Å². The molecular formula is C20H25N3O4. The number of fused-ring (bicyclic) bond motifs is 2. The van der Waals surface area contributed by atoms with Crippen molar-refractivity contribution in [1.29, 1.82) is 0 Å². The van der Waals surface area contributed by atoms with Gasteiger partial charge in [-0.05, 0) is 44.2 Å². The number of carbonyl (C=O) groups excluding carboxylic acids is 3. The maximum atomic E-state index is 13.2. The number of aryl methyl sites for hydroxylation is 1. The van der Waals surface area contributed by atoms with Crippen molar-refractivity contribution in [2.24, 2.45) is 0 Å². The van der Waals surface area contributed by atoms with Crippen molar-refractivity contribution in [1.82, 2.24) is 15.1 Å². The van der Waals surface area contributed by atoms with Crippen molar-refractivity contribution in [2.45, 2.75) is 50.9 Å². The first-order valence-electron chi connectivity index (χ1n) is 9.56. The van der Waals surface area contributed by atoms with Crippen molar-refractivity contribution in [3.05, 3.63) is 35.4 Å². The molecule has 4 amide bonds. The number of rotatable bonds is 2. The lowest BCUT2D eigenvalue weighted by Crippen LogP contribution is -2.52. The smallest absolute Gasteiger partial charge is 0.325 e. The number of hydrogen-bond acceptors (Lipinski definition) is 4. The lowest BCUT2D eigenvalue weighted by atomic mass is 9.76. The predicted octanol–water partition coefficient (Wildman–Crippen LogP) is 1.41. The molecule has 144 valence electrons. The van der Waals surface area contributed by atoms with Gasteiger partial charge < -0.3 is 15.0 Å². The number of urea groups is 1. The van der Waals surface area contributed by atoms with Gasteiger partial charge in [0.05, 0.1) is 12.2 Å². The molecule has 7 heteroatoms. The first-order chi connectivity index (χ1) is 12.9. The number of nitrogens with zero attached hydrogens (tertiary/aromatic N) is 2. The van der Waals surface area contributed by atoms with Gasteiger partial charge in [-0.2, -0.15) is 0 Å². The molecule has 1 aromatic rings. The second-order valence-electron chi connectivity index (χ2n) is 7.79. The predicted molar refractivity (Wildman–Crippen MR) is 97.9 cm³/mol. The Morgan fingerprint density at radius 3 is 2.67 bits per heavy atom. The number of amides is 4. The summed E-state index contributed by atoms with van der Waals surface area (Å²) in [5, 5.41) is 2.89. The van der Waals surface area contributed by atoms with Gasteiger partial charge in [0.2, 0.25) is 5.91 Å². The Bertz CT molecular complexity index is 785. The Kier molecular flexibility index (Phi) is 4.42. The Balaban J connectivity index is 1.55. The molecule has 3 atom stereocenters. The van der Waals surface area contributed by atoms with Gasteiger partial charge in [0.1, 0.15) is 12.1 Å². The third kappa shape index (κ3) is 3.00. The minimum atomic E-state index is -1.03. The monoisotopic (exact) mass is 371 g/mol. The molecule has 2 fully saturated rings. The SMILES string of the molecule is C[C@@H]1CN(C(=O)CN2C(=O)N[C@]3(CCCc4ccccc43)C2=O)C[C@@H](C)O1. The quantitative estimate of drug-likeness (QED) is 0.797. The zero-order chi connectivity index (χ0) is 19.2. The lowest BCUT2D eigenvalue weighted by Gasteiger charge is -2.36. The van der Waals surface area contributed by atoms with Crippen LogP contribution in [0.3, 0.4) is 0 Å². The van der Waals surface area contributed by atoms with Gasteiger partial charge in [0, 0.05) is 13.1 Å². The van der Waals surface area contributed by atoms with Crippen LogP contribution in [0.15, 0.2) is 24.3 Å². The molecule has 27 heavy (non-hydrogen) atoms. The highest BCUT2D eigenvalue weighted by Gasteiger charge is 2.54. The van der Waals surface area contributed by atoms with Gasteiger partial charge in [-0.15, -0.1) is 0 Å². The summed E-state index contributed by atoms with van der Waals surface area (Å²) in [6.07, 6.45) is 2.16. The largest absolute Gasteiger partial charge is 0.372 e. The highest BCUT2D eigenvalue weighted by molar-refractivity contribution is 6.09. The number of nitrogens with one attached hydrogen (secondary N) is 1. The van der Waals surface area contributed by atoms with Crippen molar-refractivity contribution in [3.8, 4) is 0 Å². The van der Waals surface area contributed by atoms with Crippen LogP contribution in [0.25, 0.3) is 0 Å². The fraction of sp³-hybridized carbons (Fsp3) is 0.550. The van der Waals surface area contributed by atoms with E-state index in [9.17, 15) is 14.4 Å². The fourth-order valence-corrected chi connectivity index (χ4v) is 4.57. The number of morpholine rings is 1. The number of carbonyl (C=O) groups is 3. The Morgan fingerprint density at radius 2 is 1.93 bits per heavy atom. The molecular weight excluding hydrogens is 346 g/mol. The van der Waals surface area contributed by atoms with E-state index >= 15 is 0 Å². The normalized spacial score (nSPS) is 30.4. The van der Waals surface area contributed by atoms with Gasteiger partial charge in [-0.3, -0.25) is 14.5 Å². The van der Waals surface area contributed by atoms with Gasteiger partial charge >= 0.3 is 6.03 Å². The van der Waals surface area contributed by atoms with E-state index in [4.69, 9.17) is 4.74 Å². The summed E-state index contributed by atoms with van der Waals surface area (Å²) in [4.78, 5) is 41.4. The summed E-state index contributed by atoms with van der Waals surface area (Å²) >= 11 is 0. The number of hydrogen-bond donors (Lipinski definition) is 1. The Morgan fingerprint density at radius 1 is 1.22 bits per heavy atom. The first-order valence-corrected chi connectivity index (χ1v) is 9.56. The number of imide groups is 1. The molecule has 0 bridgehead atoms. The second kappa shape index (κ2) is 6.64. The van der Waals surface area contributed by atoms with Crippen LogP contribution in [0.2, 0.25) is 0 Å². The average Bonchev–Trinajstić information content (AvgIpc) is 2.86. The molecule has 3 aliphatic rings. The summed E-state index contributed by atoms with van der Waals surface area (Å²) in [6.45, 7) is 4.55. The van der Waals surface area contributed by atoms with Crippen LogP contribution in [0, 0.1) is 0 Å². The minimum absolute atomic E-state index is 0.0580. The van der Waals surface area contributed by atoms with Crippen molar-refractivity contribution in [3.63, 3.8) is 0 Å². The Hall–Kier alpha value is -2.41. The standard InChI is InChI=1S/C20H25N3O4/c1-13-10-22(11-14(2)27-13)17(24)12-23-18(25)20(21-19(23)26)9-5-7-15-6-3-4-8-16(15)20/h3-4,6,8,13-14H,5,7,9-12H2,1-2H3,(H,21,26)/t13-,14-,20+/m1/s1. The molecule has 2 saturated heterocycles. The molecule has 2 aliphatic heterocycles. The van der Waals surface area contributed by atoms with Gasteiger partial charge in [-0.25, -0.2) is 4.79 Å². The Labute approximate surface area is 158 Å². The molecule has 0 unspecified atom stereocenters. The lowest BCUT2D eigenvalue weighted by molar-refractivity contribution is -0.147. The van der Waals surface area contributed by atoms with E-state index in [0.29, 0.717) is 19.5 Å². The number of benzene rings is 1. The highest BCUT2D eigenvalue weighted by Crippen LogP contribution is 2.39. The zero-order valence-electron chi connectivity index (χ0n) is 15.7. The van der Waals surface area contributed by atoms with Crippen LogP contribution in [0.1, 0.15) is 37.8 Å². The molecule has 2 heterocycles. The topological polar surface area (TPSA) is 79.0 Å². The summed E-state index contributed by atoms with van der Waals surface area (Å²) in [7, 11) is 0. The van der Waals surface area contributed by atoms with E-state index in [-0.39, 0.29) is 30.6 Å². The maximum Gasteiger partial charge on any atom is 0.325 e.